The summed E-state index contributed by atoms with van der Waals surface area (Å²) in [5, 5.41) is 0. The van der Waals surface area contributed by atoms with Crippen LogP contribution in [0.5, 0.6) is 5.75 Å². The SMILES string of the molecule is COc1cccc(S(=O)(=O)NC(=O)C2CCOCC2)c1. The summed E-state index contributed by atoms with van der Waals surface area (Å²) in [6.45, 7) is 0.967. The van der Waals surface area contributed by atoms with Gasteiger partial charge in [0, 0.05) is 25.2 Å². The van der Waals surface area contributed by atoms with Crippen molar-refractivity contribution in [1.29, 1.82) is 0 Å². The molecule has 1 heterocycles. The summed E-state index contributed by atoms with van der Waals surface area (Å²) in [5.41, 5.74) is 0. The van der Waals surface area contributed by atoms with Crippen LogP contribution in [0.1, 0.15) is 12.8 Å². The van der Waals surface area contributed by atoms with Crippen molar-refractivity contribution < 1.29 is 22.7 Å². The summed E-state index contributed by atoms with van der Waals surface area (Å²) in [5.74, 6) is -0.369. The van der Waals surface area contributed by atoms with Crippen LogP contribution >= 0.6 is 0 Å². The monoisotopic (exact) mass is 299 g/mol. The molecular formula is C13H17NO5S. The second-order valence-corrected chi connectivity index (χ2v) is 6.22. The lowest BCUT2D eigenvalue weighted by Gasteiger charge is -2.21. The first-order valence-corrected chi connectivity index (χ1v) is 7.80. The highest BCUT2D eigenvalue weighted by Gasteiger charge is 2.26. The van der Waals surface area contributed by atoms with Gasteiger partial charge in [0.2, 0.25) is 5.91 Å². The standard InChI is InChI=1S/C13H17NO5S/c1-18-11-3-2-4-12(9-11)20(16,17)14-13(15)10-5-7-19-8-6-10/h2-4,9-10H,5-8H2,1H3,(H,14,15). The minimum atomic E-state index is -3.86. The maximum Gasteiger partial charge on any atom is 0.264 e. The van der Waals surface area contributed by atoms with E-state index in [2.05, 4.69) is 4.72 Å². The summed E-state index contributed by atoms with van der Waals surface area (Å²) in [4.78, 5) is 12.0. The number of rotatable bonds is 4. The Morgan fingerprint density at radius 2 is 2.05 bits per heavy atom. The summed E-state index contributed by atoms with van der Waals surface area (Å²) in [6.07, 6.45) is 1.08. The van der Waals surface area contributed by atoms with Gasteiger partial charge in [-0.15, -0.1) is 0 Å². The molecule has 0 radical (unpaired) electrons. The fraction of sp³-hybridized carbons (Fsp3) is 0.462. The van der Waals surface area contributed by atoms with Crippen molar-refractivity contribution in [3.63, 3.8) is 0 Å². The first-order valence-electron chi connectivity index (χ1n) is 6.31. The number of ether oxygens (including phenoxy) is 2. The molecule has 2 rings (SSSR count). The average molecular weight is 299 g/mol. The largest absolute Gasteiger partial charge is 0.497 e. The molecule has 7 heteroatoms. The third kappa shape index (κ3) is 3.49. The normalized spacial score (nSPS) is 16.6. The lowest BCUT2D eigenvalue weighted by Crippen LogP contribution is -2.38. The van der Waals surface area contributed by atoms with Crippen molar-refractivity contribution >= 4 is 15.9 Å². The van der Waals surface area contributed by atoms with Gasteiger partial charge in [-0.1, -0.05) is 6.07 Å². The summed E-state index contributed by atoms with van der Waals surface area (Å²) in [7, 11) is -2.41. The highest BCUT2D eigenvalue weighted by Crippen LogP contribution is 2.19. The van der Waals surface area contributed by atoms with Crippen molar-refractivity contribution in [1.82, 2.24) is 4.72 Å². The second kappa shape index (κ2) is 6.23. The van der Waals surface area contributed by atoms with Gasteiger partial charge >= 0.3 is 0 Å². The van der Waals surface area contributed by atoms with Gasteiger partial charge in [-0.05, 0) is 25.0 Å². The Balaban J connectivity index is 2.11. The first kappa shape index (κ1) is 14.8. The highest BCUT2D eigenvalue weighted by atomic mass is 32.2. The number of hydrogen-bond donors (Lipinski definition) is 1. The quantitative estimate of drug-likeness (QED) is 0.894. The smallest absolute Gasteiger partial charge is 0.264 e. The zero-order valence-corrected chi connectivity index (χ0v) is 12.0. The Morgan fingerprint density at radius 1 is 1.35 bits per heavy atom. The van der Waals surface area contributed by atoms with Crippen molar-refractivity contribution in [3.8, 4) is 5.75 Å². The van der Waals surface area contributed by atoms with Crippen LogP contribution in [0.25, 0.3) is 0 Å². The van der Waals surface area contributed by atoms with Crippen molar-refractivity contribution in [2.24, 2.45) is 5.92 Å². The molecule has 1 fully saturated rings. The lowest BCUT2D eigenvalue weighted by atomic mass is 10.0. The molecule has 0 bridgehead atoms. The predicted octanol–water partition coefficient (Wildman–Crippen LogP) is 0.927. The third-order valence-corrected chi connectivity index (χ3v) is 4.52. The molecule has 1 aliphatic rings. The zero-order valence-electron chi connectivity index (χ0n) is 11.2. The third-order valence-electron chi connectivity index (χ3n) is 3.18. The molecule has 0 unspecified atom stereocenters. The minimum absolute atomic E-state index is 0.0114. The van der Waals surface area contributed by atoms with Crippen LogP contribution in [0.4, 0.5) is 0 Å². The van der Waals surface area contributed by atoms with Gasteiger partial charge in [-0.3, -0.25) is 4.79 Å². The van der Waals surface area contributed by atoms with Crippen molar-refractivity contribution in [3.05, 3.63) is 24.3 Å². The molecule has 1 aromatic rings. The molecule has 1 saturated heterocycles. The van der Waals surface area contributed by atoms with Gasteiger partial charge in [0.05, 0.1) is 12.0 Å². The van der Waals surface area contributed by atoms with Crippen LogP contribution in [-0.2, 0) is 19.6 Å². The minimum Gasteiger partial charge on any atom is -0.497 e. The van der Waals surface area contributed by atoms with Crippen LogP contribution in [0, 0.1) is 5.92 Å². The number of carbonyl (C=O) groups is 1. The summed E-state index contributed by atoms with van der Waals surface area (Å²) < 4.78 is 36.5. The molecule has 0 saturated carbocycles. The molecule has 110 valence electrons. The second-order valence-electron chi connectivity index (χ2n) is 4.54. The number of sulfonamides is 1. The van der Waals surface area contributed by atoms with Gasteiger partial charge in [-0.2, -0.15) is 0 Å². The number of benzene rings is 1. The van der Waals surface area contributed by atoms with Crippen LogP contribution in [0.2, 0.25) is 0 Å². The number of hydrogen-bond acceptors (Lipinski definition) is 5. The molecule has 1 amide bonds. The Labute approximate surface area is 118 Å². The van der Waals surface area contributed by atoms with E-state index in [-0.39, 0.29) is 10.8 Å². The topological polar surface area (TPSA) is 81.7 Å². The van der Waals surface area contributed by atoms with E-state index in [9.17, 15) is 13.2 Å². The molecule has 20 heavy (non-hydrogen) atoms. The molecule has 1 aliphatic heterocycles. The van der Waals surface area contributed by atoms with Crippen molar-refractivity contribution in [2.75, 3.05) is 20.3 Å². The Kier molecular flexibility index (Phi) is 4.61. The van der Waals surface area contributed by atoms with E-state index < -0.39 is 15.9 Å². The fourth-order valence-electron chi connectivity index (χ4n) is 2.00. The molecule has 6 nitrogen and oxygen atoms in total. The van der Waals surface area contributed by atoms with E-state index in [0.717, 1.165) is 0 Å². The highest BCUT2D eigenvalue weighted by molar-refractivity contribution is 7.90. The van der Waals surface area contributed by atoms with Gasteiger partial charge in [-0.25, -0.2) is 13.1 Å². The van der Waals surface area contributed by atoms with E-state index >= 15 is 0 Å². The Morgan fingerprint density at radius 3 is 2.70 bits per heavy atom. The number of amides is 1. The molecule has 1 N–H and O–H groups in total. The predicted molar refractivity (Wildman–Crippen MR) is 71.9 cm³/mol. The molecule has 0 spiro atoms. The van der Waals surface area contributed by atoms with E-state index in [1.807, 2.05) is 0 Å². The summed E-state index contributed by atoms with van der Waals surface area (Å²) in [6, 6.07) is 5.99. The summed E-state index contributed by atoms with van der Waals surface area (Å²) >= 11 is 0. The molecule has 0 aromatic heterocycles. The van der Waals surface area contributed by atoms with E-state index in [1.165, 1.54) is 19.2 Å². The first-order chi connectivity index (χ1) is 9.53. The maximum atomic E-state index is 12.1. The van der Waals surface area contributed by atoms with Gasteiger partial charge in [0.15, 0.2) is 0 Å². The van der Waals surface area contributed by atoms with Crippen LogP contribution in [0.15, 0.2) is 29.2 Å². The van der Waals surface area contributed by atoms with Gasteiger partial charge in [0.1, 0.15) is 5.75 Å². The Bertz CT molecular complexity index is 578. The van der Waals surface area contributed by atoms with Gasteiger partial charge in [0.25, 0.3) is 10.0 Å². The van der Waals surface area contributed by atoms with Gasteiger partial charge < -0.3 is 9.47 Å². The number of carbonyl (C=O) groups excluding carboxylic acids is 1. The van der Waals surface area contributed by atoms with E-state index in [0.29, 0.717) is 31.8 Å². The van der Waals surface area contributed by atoms with Crippen LogP contribution in [-0.4, -0.2) is 34.6 Å². The van der Waals surface area contributed by atoms with E-state index in [4.69, 9.17) is 9.47 Å². The fourth-order valence-corrected chi connectivity index (χ4v) is 3.08. The zero-order chi connectivity index (χ0) is 14.6. The van der Waals surface area contributed by atoms with Crippen LogP contribution < -0.4 is 9.46 Å². The maximum absolute atomic E-state index is 12.1. The Hall–Kier alpha value is -1.60. The lowest BCUT2D eigenvalue weighted by molar-refractivity contribution is -0.125. The molecule has 0 aliphatic carbocycles. The number of methoxy groups -OCH3 is 1. The molecule has 0 atom stereocenters. The molecule has 1 aromatic carbocycles. The number of nitrogens with one attached hydrogen (secondary N) is 1. The van der Waals surface area contributed by atoms with Crippen LogP contribution in [0.3, 0.4) is 0 Å². The average Bonchev–Trinajstić information content (AvgIpc) is 2.48. The molecular weight excluding hydrogens is 282 g/mol. The van der Waals surface area contributed by atoms with Crippen molar-refractivity contribution in [2.45, 2.75) is 17.7 Å². The van der Waals surface area contributed by atoms with E-state index in [1.54, 1.807) is 12.1 Å².